The van der Waals surface area contributed by atoms with Crippen LogP contribution < -0.4 is 0 Å². The zero-order valence-electron chi connectivity index (χ0n) is 12.4. The number of rotatable bonds is 9. The fourth-order valence-corrected chi connectivity index (χ4v) is 6.77. The molecule has 5 heteroatoms. The summed E-state index contributed by atoms with van der Waals surface area (Å²) in [7, 11) is -4.19. The molecular weight excluding hydrogens is 262 g/mol. The highest BCUT2D eigenvalue weighted by molar-refractivity contribution is 7.89. The molecule has 1 rings (SSSR count). The van der Waals surface area contributed by atoms with Crippen molar-refractivity contribution in [3.63, 3.8) is 0 Å². The maximum atomic E-state index is 12.1. The number of unbranched alkanes of at least 4 members (excludes halogenated alkanes) is 3. The summed E-state index contributed by atoms with van der Waals surface area (Å²) < 4.78 is 25.9. The van der Waals surface area contributed by atoms with Gasteiger partial charge in [-0.1, -0.05) is 52.2 Å². The number of sulfonamides is 1. The van der Waals surface area contributed by atoms with Crippen LogP contribution >= 0.6 is 0 Å². The van der Waals surface area contributed by atoms with E-state index in [-0.39, 0.29) is 0 Å². The molecule has 0 N–H and O–H groups in total. The molecule has 1 aliphatic rings. The Balaban J connectivity index is 2.26. The van der Waals surface area contributed by atoms with E-state index in [1.807, 2.05) is 0 Å². The van der Waals surface area contributed by atoms with Crippen molar-refractivity contribution in [3.05, 3.63) is 0 Å². The van der Waals surface area contributed by atoms with Gasteiger partial charge < -0.3 is 0 Å². The molecule has 18 heavy (non-hydrogen) atoms. The lowest BCUT2D eigenvalue weighted by molar-refractivity contribution is 0.538. The van der Waals surface area contributed by atoms with Crippen LogP contribution in [0.4, 0.5) is 0 Å². The summed E-state index contributed by atoms with van der Waals surface area (Å²) in [5.74, 6) is 0.369. The highest BCUT2D eigenvalue weighted by Gasteiger charge is 2.42. The zero-order chi connectivity index (χ0) is 13.8. The number of nitrogens with zero attached hydrogens (tertiary/aromatic N) is 1. The van der Waals surface area contributed by atoms with E-state index in [4.69, 9.17) is 0 Å². The van der Waals surface area contributed by atoms with E-state index in [9.17, 15) is 8.42 Å². The lowest BCUT2D eigenvalue weighted by Crippen LogP contribution is -2.27. The van der Waals surface area contributed by atoms with Gasteiger partial charge in [-0.15, -0.1) is 0 Å². The number of hydrogen-bond donors (Lipinski definition) is 0. The molecule has 2 atom stereocenters. The van der Waals surface area contributed by atoms with Crippen molar-refractivity contribution in [2.75, 3.05) is 12.3 Å². The maximum absolute atomic E-state index is 12.1. The van der Waals surface area contributed by atoms with Crippen molar-refractivity contribution in [1.29, 1.82) is 0 Å². The molecule has 0 amide bonds. The summed E-state index contributed by atoms with van der Waals surface area (Å²) in [5, 5.41) is 0. The second kappa shape index (κ2) is 6.53. The van der Waals surface area contributed by atoms with Crippen LogP contribution in [0.5, 0.6) is 0 Å². The fourth-order valence-electron chi connectivity index (χ4n) is 2.10. The molecule has 0 aromatic rings. The quantitative estimate of drug-likeness (QED) is 0.371. The summed E-state index contributed by atoms with van der Waals surface area (Å²) >= 11 is 0. The van der Waals surface area contributed by atoms with Crippen molar-refractivity contribution in [3.8, 4) is 0 Å². The van der Waals surface area contributed by atoms with Gasteiger partial charge in [-0.3, -0.25) is 0 Å². The molecule has 0 bridgehead atoms. The van der Waals surface area contributed by atoms with Crippen LogP contribution in [0.15, 0.2) is 0 Å². The van der Waals surface area contributed by atoms with Crippen LogP contribution in [0.3, 0.4) is 0 Å². The Labute approximate surface area is 114 Å². The topological polar surface area (TPSA) is 37.1 Å². The Bertz CT molecular complexity index is 348. The molecule has 3 nitrogen and oxygen atoms in total. The third-order valence-electron chi connectivity index (χ3n) is 3.52. The second-order valence-corrected chi connectivity index (χ2v) is 14.4. The molecule has 0 radical (unpaired) electrons. The Morgan fingerprint density at radius 1 is 1.17 bits per heavy atom. The van der Waals surface area contributed by atoms with Gasteiger partial charge in [0.05, 0.1) is 5.75 Å². The lowest BCUT2D eigenvalue weighted by Gasteiger charge is -2.15. The van der Waals surface area contributed by atoms with Gasteiger partial charge in [0.25, 0.3) is 0 Å². The lowest BCUT2D eigenvalue weighted by atomic mass is 10.1. The van der Waals surface area contributed by atoms with Crippen LogP contribution in [0.25, 0.3) is 0 Å². The summed E-state index contributed by atoms with van der Waals surface area (Å²) in [6.07, 6.45) is 6.00. The molecule has 0 saturated carbocycles. The predicted octanol–water partition coefficient (Wildman–Crippen LogP) is 3.31. The first-order chi connectivity index (χ1) is 8.26. The van der Waals surface area contributed by atoms with Crippen LogP contribution in [-0.4, -0.2) is 39.1 Å². The second-order valence-electron chi connectivity index (χ2n) is 6.70. The van der Waals surface area contributed by atoms with E-state index in [0.29, 0.717) is 11.8 Å². The zero-order valence-corrected chi connectivity index (χ0v) is 14.2. The van der Waals surface area contributed by atoms with Gasteiger partial charge in [-0.2, -0.15) is 4.31 Å². The average Bonchev–Trinajstić information content (AvgIpc) is 3.01. The summed E-state index contributed by atoms with van der Waals surface area (Å²) in [4.78, 5) is 0. The highest BCUT2D eigenvalue weighted by Crippen LogP contribution is 2.28. The monoisotopic (exact) mass is 291 g/mol. The molecule has 1 saturated heterocycles. The van der Waals surface area contributed by atoms with Crippen LogP contribution in [-0.2, 0) is 10.0 Å². The Hall–Kier alpha value is 0.127. The van der Waals surface area contributed by atoms with E-state index >= 15 is 0 Å². The molecule has 0 spiro atoms. The minimum Gasteiger partial charge on any atom is -0.212 e. The van der Waals surface area contributed by atoms with E-state index in [2.05, 4.69) is 26.6 Å². The Morgan fingerprint density at radius 3 is 2.39 bits per heavy atom. The summed E-state index contributed by atoms with van der Waals surface area (Å²) in [6.45, 7) is 9.66. The van der Waals surface area contributed by atoms with Crippen LogP contribution in [0, 0.1) is 0 Å². The predicted molar refractivity (Wildman–Crippen MR) is 81.2 cm³/mol. The molecule has 1 fully saturated rings. The van der Waals surface area contributed by atoms with Gasteiger partial charge in [0, 0.05) is 20.7 Å². The Morgan fingerprint density at radius 2 is 1.83 bits per heavy atom. The van der Waals surface area contributed by atoms with Gasteiger partial charge in [-0.25, -0.2) is 8.42 Å². The molecule has 108 valence electrons. The maximum Gasteiger partial charge on any atom is 0.214 e. The standard InChI is InChI=1S/C13H29NO2SSi/c1-5-6-7-8-9-13-12-14(13)17(15,16)10-11-18(2,3)4/h13H,5-12H2,1-4H3/t13-,14?/m0/s1. The first-order valence-electron chi connectivity index (χ1n) is 7.26. The van der Waals surface area contributed by atoms with Crippen molar-refractivity contribution < 1.29 is 8.42 Å². The van der Waals surface area contributed by atoms with Gasteiger partial charge in [-0.05, 0) is 12.5 Å². The Kier molecular flexibility index (Phi) is 5.87. The van der Waals surface area contributed by atoms with Gasteiger partial charge in [0.15, 0.2) is 0 Å². The first kappa shape index (κ1) is 16.2. The van der Waals surface area contributed by atoms with Gasteiger partial charge >= 0.3 is 0 Å². The molecule has 1 heterocycles. The molecule has 0 aromatic heterocycles. The molecule has 0 aliphatic carbocycles. The van der Waals surface area contributed by atoms with E-state index in [1.165, 1.54) is 25.7 Å². The van der Waals surface area contributed by atoms with E-state index < -0.39 is 18.1 Å². The van der Waals surface area contributed by atoms with Crippen LogP contribution in [0.1, 0.15) is 39.0 Å². The smallest absolute Gasteiger partial charge is 0.212 e. The minimum absolute atomic E-state index is 0.327. The van der Waals surface area contributed by atoms with Crippen LogP contribution in [0.2, 0.25) is 25.7 Å². The van der Waals surface area contributed by atoms with Crippen molar-refractivity contribution in [2.24, 2.45) is 0 Å². The minimum atomic E-state index is -2.94. The van der Waals surface area contributed by atoms with E-state index in [0.717, 1.165) is 19.0 Å². The van der Waals surface area contributed by atoms with Gasteiger partial charge in [0.1, 0.15) is 0 Å². The summed E-state index contributed by atoms with van der Waals surface area (Å²) in [5.41, 5.74) is 0. The third-order valence-corrected chi connectivity index (χ3v) is 7.52. The number of hydrogen-bond acceptors (Lipinski definition) is 2. The first-order valence-corrected chi connectivity index (χ1v) is 12.6. The van der Waals surface area contributed by atoms with Gasteiger partial charge in [0.2, 0.25) is 10.0 Å². The normalized spacial score (nSPS) is 24.2. The van der Waals surface area contributed by atoms with Crippen molar-refractivity contribution in [2.45, 2.75) is 70.8 Å². The van der Waals surface area contributed by atoms with E-state index in [1.54, 1.807) is 4.31 Å². The average molecular weight is 292 g/mol. The molecule has 1 aliphatic heterocycles. The SMILES string of the molecule is CCCCCC[C@H]1CN1S(=O)(=O)CC[Si](C)(C)C. The van der Waals surface area contributed by atoms with Crippen molar-refractivity contribution >= 4 is 18.1 Å². The summed E-state index contributed by atoms with van der Waals surface area (Å²) in [6, 6.07) is 1.21. The molecular formula is C13H29NO2SSi. The molecule has 0 aromatic carbocycles. The largest absolute Gasteiger partial charge is 0.214 e. The highest BCUT2D eigenvalue weighted by atomic mass is 32.2. The molecule has 1 unspecified atom stereocenters. The van der Waals surface area contributed by atoms with Crippen molar-refractivity contribution in [1.82, 2.24) is 4.31 Å². The third kappa shape index (κ3) is 5.84. The fraction of sp³-hybridized carbons (Fsp3) is 1.00.